The van der Waals surface area contributed by atoms with Gasteiger partial charge < -0.3 is 9.47 Å². The molecular formula is C24H20N2O4S4. The summed E-state index contributed by atoms with van der Waals surface area (Å²) >= 11 is 13.3. The molecule has 0 radical (unpaired) electrons. The van der Waals surface area contributed by atoms with Crippen molar-refractivity contribution in [3.05, 3.63) is 69.5 Å². The normalized spacial score (nSPS) is 18.5. The average Bonchev–Trinajstić information content (AvgIpc) is 3.26. The fourth-order valence-corrected chi connectivity index (χ4v) is 5.91. The quantitative estimate of drug-likeness (QED) is 0.375. The number of benzene rings is 2. The predicted octanol–water partition coefficient (Wildman–Crippen LogP) is 4.81. The molecule has 2 aromatic carbocycles. The standard InChI is InChI=1S/C24H20N2O4S4/c1-29-17-7-3-15(4-8-17)13-19-21(27)25(23(31)33-19)11-12-26-22(28)20(34-24(26)32)14-16-5-9-18(30-2)10-6-16/h3-10,13-14H,11-12H2,1-2H3/b19-13-,20-14-. The van der Waals surface area contributed by atoms with Crippen LogP contribution in [0.15, 0.2) is 58.3 Å². The van der Waals surface area contributed by atoms with Crippen LogP contribution in [0.1, 0.15) is 11.1 Å². The van der Waals surface area contributed by atoms with Crippen molar-refractivity contribution in [2.75, 3.05) is 27.3 Å². The SMILES string of the molecule is COc1ccc(/C=C2\SC(=S)N(CCN3C(=O)/C(=C/c4ccc(OC)cc4)SC3=S)C2=O)cc1. The maximum absolute atomic E-state index is 12.9. The minimum absolute atomic E-state index is 0.176. The van der Waals surface area contributed by atoms with Crippen LogP contribution in [0.2, 0.25) is 0 Å². The fourth-order valence-electron chi connectivity index (χ4n) is 3.29. The predicted molar refractivity (Wildman–Crippen MR) is 146 cm³/mol. The maximum Gasteiger partial charge on any atom is 0.266 e. The summed E-state index contributed by atoms with van der Waals surface area (Å²) in [4.78, 5) is 30.0. The minimum atomic E-state index is -0.176. The van der Waals surface area contributed by atoms with Gasteiger partial charge in [0, 0.05) is 13.1 Å². The molecule has 0 aliphatic carbocycles. The number of hydrogen-bond acceptors (Lipinski definition) is 8. The number of ether oxygens (including phenoxy) is 2. The molecule has 174 valence electrons. The molecule has 0 N–H and O–H groups in total. The van der Waals surface area contributed by atoms with Crippen LogP contribution in [0.4, 0.5) is 0 Å². The summed E-state index contributed by atoms with van der Waals surface area (Å²) in [6, 6.07) is 14.8. The molecule has 2 amide bonds. The smallest absolute Gasteiger partial charge is 0.266 e. The topological polar surface area (TPSA) is 59.1 Å². The van der Waals surface area contributed by atoms with Crippen molar-refractivity contribution in [1.29, 1.82) is 0 Å². The zero-order chi connectivity index (χ0) is 24.2. The highest BCUT2D eigenvalue weighted by Gasteiger charge is 2.36. The summed E-state index contributed by atoms with van der Waals surface area (Å²) < 4.78 is 11.3. The van der Waals surface area contributed by atoms with Crippen molar-refractivity contribution in [2.45, 2.75) is 0 Å². The first-order valence-electron chi connectivity index (χ1n) is 10.2. The van der Waals surface area contributed by atoms with Gasteiger partial charge in [-0.3, -0.25) is 19.4 Å². The number of thiocarbonyl (C=S) groups is 2. The number of carbonyl (C=O) groups is 2. The molecule has 2 fully saturated rings. The average molecular weight is 529 g/mol. The zero-order valence-electron chi connectivity index (χ0n) is 18.3. The van der Waals surface area contributed by atoms with Crippen molar-refractivity contribution >= 4 is 80.6 Å². The Kier molecular flexibility index (Phi) is 7.72. The molecule has 0 unspecified atom stereocenters. The van der Waals surface area contributed by atoms with Crippen molar-refractivity contribution < 1.29 is 19.1 Å². The summed E-state index contributed by atoms with van der Waals surface area (Å²) in [6.45, 7) is 0.541. The number of amides is 2. The summed E-state index contributed by atoms with van der Waals surface area (Å²) in [5, 5.41) is 0. The molecule has 0 bridgehead atoms. The highest BCUT2D eigenvalue weighted by atomic mass is 32.2. The van der Waals surface area contributed by atoms with E-state index in [0.29, 0.717) is 18.5 Å². The molecule has 0 atom stereocenters. The lowest BCUT2D eigenvalue weighted by Gasteiger charge is -2.19. The van der Waals surface area contributed by atoms with E-state index in [-0.39, 0.29) is 24.9 Å². The number of thioether (sulfide) groups is 2. The van der Waals surface area contributed by atoms with Gasteiger partial charge in [-0.05, 0) is 47.5 Å². The Labute approximate surface area is 217 Å². The van der Waals surface area contributed by atoms with Crippen molar-refractivity contribution in [2.24, 2.45) is 0 Å². The van der Waals surface area contributed by atoms with Crippen LogP contribution in [-0.2, 0) is 9.59 Å². The second-order valence-electron chi connectivity index (χ2n) is 7.21. The van der Waals surface area contributed by atoms with Crippen LogP contribution < -0.4 is 9.47 Å². The molecule has 0 aromatic heterocycles. The number of nitrogens with zero attached hydrogens (tertiary/aromatic N) is 2. The Bertz CT molecular complexity index is 1110. The van der Waals surface area contributed by atoms with Crippen LogP contribution in [0.25, 0.3) is 12.2 Å². The van der Waals surface area contributed by atoms with E-state index in [1.807, 2.05) is 48.5 Å². The van der Waals surface area contributed by atoms with Crippen molar-refractivity contribution in [1.82, 2.24) is 9.80 Å². The molecule has 10 heteroatoms. The van der Waals surface area contributed by atoms with E-state index in [2.05, 4.69) is 0 Å². The first kappa shape index (κ1) is 24.5. The molecule has 0 spiro atoms. The fraction of sp³-hybridized carbons (Fsp3) is 0.167. The lowest BCUT2D eigenvalue weighted by molar-refractivity contribution is -0.125. The summed E-state index contributed by atoms with van der Waals surface area (Å²) in [5.74, 6) is 1.14. The lowest BCUT2D eigenvalue weighted by Crippen LogP contribution is -2.39. The molecular weight excluding hydrogens is 509 g/mol. The van der Waals surface area contributed by atoms with Gasteiger partial charge in [0.1, 0.15) is 20.1 Å². The van der Waals surface area contributed by atoms with E-state index in [0.717, 1.165) is 22.6 Å². The number of carbonyl (C=O) groups excluding carboxylic acids is 2. The van der Waals surface area contributed by atoms with Gasteiger partial charge in [-0.1, -0.05) is 72.2 Å². The molecule has 2 saturated heterocycles. The molecule has 0 saturated carbocycles. The Morgan fingerprint density at radius 2 is 1.06 bits per heavy atom. The molecule has 6 nitrogen and oxygen atoms in total. The second-order valence-corrected chi connectivity index (χ2v) is 10.6. The Hall–Kier alpha value is -2.66. The van der Waals surface area contributed by atoms with Gasteiger partial charge in [0.15, 0.2) is 0 Å². The molecule has 2 aromatic rings. The number of hydrogen-bond donors (Lipinski definition) is 0. The van der Waals surface area contributed by atoms with Crippen LogP contribution in [0.3, 0.4) is 0 Å². The van der Waals surface area contributed by atoms with Crippen LogP contribution in [-0.4, -0.2) is 57.6 Å². The molecule has 2 aliphatic heterocycles. The van der Waals surface area contributed by atoms with Gasteiger partial charge in [-0.15, -0.1) is 0 Å². The van der Waals surface area contributed by atoms with Gasteiger partial charge >= 0.3 is 0 Å². The van der Waals surface area contributed by atoms with Gasteiger partial charge in [-0.25, -0.2) is 0 Å². The highest BCUT2D eigenvalue weighted by Crippen LogP contribution is 2.35. The number of rotatable bonds is 7. The van der Waals surface area contributed by atoms with Gasteiger partial charge in [0.2, 0.25) is 0 Å². The van der Waals surface area contributed by atoms with E-state index < -0.39 is 0 Å². The van der Waals surface area contributed by atoms with Crippen molar-refractivity contribution in [3.8, 4) is 11.5 Å². The lowest BCUT2D eigenvalue weighted by atomic mass is 10.2. The van der Waals surface area contributed by atoms with Gasteiger partial charge in [0.05, 0.1) is 24.0 Å². The minimum Gasteiger partial charge on any atom is -0.497 e. The van der Waals surface area contributed by atoms with Crippen molar-refractivity contribution in [3.63, 3.8) is 0 Å². The van der Waals surface area contributed by atoms with Crippen LogP contribution in [0, 0.1) is 0 Å². The monoisotopic (exact) mass is 528 g/mol. The third-order valence-corrected chi connectivity index (χ3v) is 7.88. The van der Waals surface area contributed by atoms with Gasteiger partial charge in [0.25, 0.3) is 11.8 Å². The Morgan fingerprint density at radius 1 is 0.706 bits per heavy atom. The molecule has 4 rings (SSSR count). The molecule has 34 heavy (non-hydrogen) atoms. The third-order valence-electron chi connectivity index (χ3n) is 5.12. The summed E-state index contributed by atoms with van der Waals surface area (Å²) in [5.41, 5.74) is 1.75. The highest BCUT2D eigenvalue weighted by molar-refractivity contribution is 8.27. The first-order valence-corrected chi connectivity index (χ1v) is 12.6. The summed E-state index contributed by atoms with van der Waals surface area (Å²) in [7, 11) is 3.21. The van der Waals surface area contributed by atoms with E-state index >= 15 is 0 Å². The third kappa shape index (κ3) is 5.35. The molecule has 2 heterocycles. The maximum atomic E-state index is 12.9. The Balaban J connectivity index is 1.41. The summed E-state index contributed by atoms with van der Waals surface area (Å²) in [6.07, 6.45) is 3.60. The van der Waals surface area contributed by atoms with Crippen LogP contribution in [0.5, 0.6) is 11.5 Å². The molecule has 2 aliphatic rings. The zero-order valence-corrected chi connectivity index (χ0v) is 21.6. The second kappa shape index (κ2) is 10.7. The van der Waals surface area contributed by atoms with Gasteiger partial charge in [-0.2, -0.15) is 0 Å². The van der Waals surface area contributed by atoms with E-state index in [1.165, 1.54) is 33.3 Å². The largest absolute Gasteiger partial charge is 0.497 e. The van der Waals surface area contributed by atoms with E-state index in [1.54, 1.807) is 26.4 Å². The van der Waals surface area contributed by atoms with E-state index in [4.69, 9.17) is 33.9 Å². The Morgan fingerprint density at radius 3 is 1.38 bits per heavy atom. The first-order chi connectivity index (χ1) is 16.4. The number of methoxy groups -OCH3 is 2. The van der Waals surface area contributed by atoms with E-state index in [9.17, 15) is 9.59 Å². The van der Waals surface area contributed by atoms with Crippen LogP contribution >= 0.6 is 48.0 Å².